The molecular formula is C27H23F3N4O2S. The molecule has 6 nitrogen and oxygen atoms in total. The Morgan fingerprint density at radius 2 is 1.62 bits per heavy atom. The number of carbonyl (C=O) groups is 2. The van der Waals surface area contributed by atoms with Crippen molar-refractivity contribution in [1.82, 2.24) is 14.5 Å². The van der Waals surface area contributed by atoms with E-state index in [1.165, 1.54) is 34.4 Å². The zero-order valence-electron chi connectivity index (χ0n) is 19.6. The zero-order chi connectivity index (χ0) is 26.0. The number of rotatable bonds is 5. The lowest BCUT2D eigenvalue weighted by atomic mass is 9.96. The highest BCUT2D eigenvalue weighted by atomic mass is 32.1. The molecule has 5 rings (SSSR count). The van der Waals surface area contributed by atoms with Crippen LogP contribution in [-0.4, -0.2) is 39.4 Å². The van der Waals surface area contributed by atoms with Crippen LogP contribution in [0, 0.1) is 0 Å². The summed E-state index contributed by atoms with van der Waals surface area (Å²) in [6.45, 7) is 0.641. The van der Waals surface area contributed by atoms with Crippen molar-refractivity contribution in [3.05, 3.63) is 100 Å². The normalized spacial score (nSPS) is 14.5. The molecule has 37 heavy (non-hydrogen) atoms. The van der Waals surface area contributed by atoms with Gasteiger partial charge in [0, 0.05) is 36.8 Å². The Kier molecular flexibility index (Phi) is 6.84. The molecule has 190 valence electrons. The standard InChI is InChI=1S/C27H23F3N4O2S/c28-27(29,30)20-8-2-1-7-19(20)26(36)34-15-11-18(12-16-34)25-32-22(17-37-25)24(35)31-21-9-3-4-10-23(21)33-13-5-6-14-33/h1-10,13-14,17-18H,11-12,15-16H2,(H,31,35). The zero-order valence-corrected chi connectivity index (χ0v) is 20.4. The second-order valence-corrected chi connectivity index (χ2v) is 9.63. The van der Waals surface area contributed by atoms with Crippen molar-refractivity contribution in [2.45, 2.75) is 24.9 Å². The predicted molar refractivity (Wildman–Crippen MR) is 135 cm³/mol. The number of nitrogens with zero attached hydrogens (tertiary/aromatic N) is 3. The van der Waals surface area contributed by atoms with Gasteiger partial charge in [-0.2, -0.15) is 13.2 Å². The Balaban J connectivity index is 1.23. The summed E-state index contributed by atoms with van der Waals surface area (Å²) in [5.74, 6) is -0.911. The van der Waals surface area contributed by atoms with E-state index in [4.69, 9.17) is 0 Å². The molecular weight excluding hydrogens is 501 g/mol. The molecule has 1 saturated heterocycles. The smallest absolute Gasteiger partial charge is 0.339 e. The third-order valence-corrected chi connectivity index (χ3v) is 7.39. The predicted octanol–water partition coefficient (Wildman–Crippen LogP) is 6.22. The summed E-state index contributed by atoms with van der Waals surface area (Å²) >= 11 is 1.38. The number of piperidine rings is 1. The lowest BCUT2D eigenvalue weighted by Crippen LogP contribution is -2.38. The minimum atomic E-state index is -4.59. The summed E-state index contributed by atoms with van der Waals surface area (Å²) in [4.78, 5) is 31.8. The van der Waals surface area contributed by atoms with Crippen molar-refractivity contribution >= 4 is 28.8 Å². The molecule has 0 radical (unpaired) electrons. The van der Waals surface area contributed by atoms with Crippen LogP contribution >= 0.6 is 11.3 Å². The second-order valence-electron chi connectivity index (χ2n) is 8.74. The maximum Gasteiger partial charge on any atom is 0.417 e. The number of thiazole rings is 1. The van der Waals surface area contributed by atoms with Gasteiger partial charge in [-0.05, 0) is 49.2 Å². The molecule has 0 aliphatic carbocycles. The van der Waals surface area contributed by atoms with Crippen LogP contribution in [0.15, 0.2) is 78.4 Å². The summed E-state index contributed by atoms with van der Waals surface area (Å²) < 4.78 is 41.9. The maximum atomic E-state index is 13.3. The molecule has 4 aromatic rings. The van der Waals surface area contributed by atoms with Crippen molar-refractivity contribution in [3.63, 3.8) is 0 Å². The Hall–Kier alpha value is -3.92. The topological polar surface area (TPSA) is 67.2 Å². The van der Waals surface area contributed by atoms with E-state index in [0.29, 0.717) is 37.3 Å². The van der Waals surface area contributed by atoms with Gasteiger partial charge in [0.05, 0.1) is 27.5 Å². The van der Waals surface area contributed by atoms with Gasteiger partial charge in [-0.15, -0.1) is 11.3 Å². The molecule has 0 spiro atoms. The van der Waals surface area contributed by atoms with Gasteiger partial charge in [-0.25, -0.2) is 4.98 Å². The van der Waals surface area contributed by atoms with Crippen LogP contribution in [0.25, 0.3) is 5.69 Å². The van der Waals surface area contributed by atoms with Crippen molar-refractivity contribution in [3.8, 4) is 5.69 Å². The number of amides is 2. The SMILES string of the molecule is O=C(Nc1ccccc1-n1cccc1)c1csc(C2CCN(C(=O)c3ccccc3C(F)(F)F)CC2)n1. The number of alkyl halides is 3. The molecule has 0 saturated carbocycles. The number of anilines is 1. The number of benzene rings is 2. The summed E-state index contributed by atoms with van der Waals surface area (Å²) in [7, 11) is 0. The molecule has 1 fully saturated rings. The highest BCUT2D eigenvalue weighted by molar-refractivity contribution is 7.10. The number of likely N-dealkylation sites (tertiary alicyclic amines) is 1. The third kappa shape index (κ3) is 5.29. The molecule has 1 N–H and O–H groups in total. The monoisotopic (exact) mass is 524 g/mol. The fourth-order valence-corrected chi connectivity index (χ4v) is 5.45. The molecule has 0 atom stereocenters. The van der Waals surface area contributed by atoms with Gasteiger partial charge < -0.3 is 14.8 Å². The van der Waals surface area contributed by atoms with Crippen molar-refractivity contribution < 1.29 is 22.8 Å². The van der Waals surface area contributed by atoms with Crippen LogP contribution in [0.3, 0.4) is 0 Å². The number of carbonyl (C=O) groups excluding carboxylic acids is 2. The summed E-state index contributed by atoms with van der Waals surface area (Å²) in [5.41, 5.74) is 0.544. The highest BCUT2D eigenvalue weighted by Crippen LogP contribution is 2.35. The summed E-state index contributed by atoms with van der Waals surface area (Å²) in [6.07, 6.45) is 0.316. The molecule has 10 heteroatoms. The maximum absolute atomic E-state index is 13.3. The average Bonchev–Trinajstić information content (AvgIpc) is 3.61. The van der Waals surface area contributed by atoms with Crippen LogP contribution in [0.2, 0.25) is 0 Å². The average molecular weight is 525 g/mol. The third-order valence-electron chi connectivity index (χ3n) is 6.38. The van der Waals surface area contributed by atoms with E-state index in [-0.39, 0.29) is 17.4 Å². The van der Waals surface area contributed by atoms with E-state index in [9.17, 15) is 22.8 Å². The highest BCUT2D eigenvalue weighted by Gasteiger charge is 2.36. The van der Waals surface area contributed by atoms with E-state index in [0.717, 1.165) is 16.8 Å². The van der Waals surface area contributed by atoms with E-state index < -0.39 is 17.6 Å². The Labute approximate surface area is 215 Å². The quantitative estimate of drug-likeness (QED) is 0.337. The molecule has 0 unspecified atom stereocenters. The molecule has 1 aliphatic heterocycles. The first-order chi connectivity index (χ1) is 17.8. The Morgan fingerprint density at radius 1 is 0.946 bits per heavy atom. The number of hydrogen-bond donors (Lipinski definition) is 1. The number of aromatic nitrogens is 2. The van der Waals surface area contributed by atoms with Gasteiger partial charge in [0.15, 0.2) is 0 Å². The molecule has 2 amide bonds. The Bertz CT molecular complexity index is 1410. The molecule has 3 heterocycles. The molecule has 0 bridgehead atoms. The van der Waals surface area contributed by atoms with Gasteiger partial charge in [0.2, 0.25) is 0 Å². The van der Waals surface area contributed by atoms with Gasteiger partial charge in [0.1, 0.15) is 5.69 Å². The van der Waals surface area contributed by atoms with Crippen LogP contribution in [0.4, 0.5) is 18.9 Å². The fourth-order valence-electron chi connectivity index (χ4n) is 4.48. The van der Waals surface area contributed by atoms with Crippen LogP contribution in [-0.2, 0) is 6.18 Å². The van der Waals surface area contributed by atoms with Crippen molar-refractivity contribution in [1.29, 1.82) is 0 Å². The minimum absolute atomic E-state index is 0.0284. The van der Waals surface area contributed by atoms with E-state index >= 15 is 0 Å². The van der Waals surface area contributed by atoms with Gasteiger partial charge in [0.25, 0.3) is 11.8 Å². The first kappa shape index (κ1) is 24.8. The largest absolute Gasteiger partial charge is 0.417 e. The van der Waals surface area contributed by atoms with Gasteiger partial charge >= 0.3 is 6.18 Å². The van der Waals surface area contributed by atoms with Crippen molar-refractivity contribution in [2.24, 2.45) is 0 Å². The van der Waals surface area contributed by atoms with E-state index in [1.54, 1.807) is 5.38 Å². The molecule has 2 aromatic carbocycles. The summed E-state index contributed by atoms with van der Waals surface area (Å²) in [6, 6.07) is 16.1. The number of nitrogens with one attached hydrogen (secondary N) is 1. The van der Waals surface area contributed by atoms with Crippen molar-refractivity contribution in [2.75, 3.05) is 18.4 Å². The number of halogens is 3. The Morgan fingerprint density at radius 3 is 2.35 bits per heavy atom. The number of hydrogen-bond acceptors (Lipinski definition) is 4. The summed E-state index contributed by atoms with van der Waals surface area (Å²) in [5, 5.41) is 5.42. The van der Waals surface area contributed by atoms with Crippen LogP contribution in [0.5, 0.6) is 0 Å². The van der Waals surface area contributed by atoms with Gasteiger partial charge in [-0.1, -0.05) is 24.3 Å². The number of para-hydroxylation sites is 2. The van der Waals surface area contributed by atoms with Crippen LogP contribution in [0.1, 0.15) is 50.2 Å². The molecule has 1 aliphatic rings. The van der Waals surface area contributed by atoms with E-state index in [2.05, 4.69) is 10.3 Å². The minimum Gasteiger partial charge on any atom is -0.339 e. The first-order valence-electron chi connectivity index (χ1n) is 11.8. The molecule has 2 aromatic heterocycles. The fraction of sp³-hybridized carbons (Fsp3) is 0.222. The first-order valence-corrected chi connectivity index (χ1v) is 12.6. The second kappa shape index (κ2) is 10.2. The van der Waals surface area contributed by atoms with Gasteiger partial charge in [-0.3, -0.25) is 9.59 Å². The lowest BCUT2D eigenvalue weighted by molar-refractivity contribution is -0.138. The van der Waals surface area contributed by atoms with E-state index in [1.807, 2.05) is 53.4 Å². The lowest BCUT2D eigenvalue weighted by Gasteiger charge is -2.31. The van der Waals surface area contributed by atoms with Crippen LogP contribution < -0.4 is 5.32 Å².